The number of unbranched alkanes of at least 4 members (excludes halogenated alkanes) is 1. The quantitative estimate of drug-likeness (QED) is 0.487. The first-order chi connectivity index (χ1) is 10.2. The highest BCUT2D eigenvalue weighted by atomic mass is 32.2. The Balaban J connectivity index is 1.72. The van der Waals surface area contributed by atoms with Crippen LogP contribution >= 0.6 is 11.8 Å². The number of allylic oxidation sites excluding steroid dienone is 2. The Hall–Kier alpha value is -0.480. The van der Waals surface area contributed by atoms with Crippen molar-refractivity contribution in [1.29, 1.82) is 0 Å². The smallest absolute Gasteiger partial charge is 0.303 e. The second-order valence-corrected chi connectivity index (χ2v) is 7.34. The van der Waals surface area contributed by atoms with E-state index < -0.39 is 5.97 Å². The first kappa shape index (κ1) is 16.9. The molecule has 2 fully saturated rings. The highest BCUT2D eigenvalue weighted by Gasteiger charge is 2.47. The monoisotopic (exact) mass is 312 g/mol. The molecule has 2 bridgehead atoms. The van der Waals surface area contributed by atoms with Crippen LogP contribution in [0.2, 0.25) is 0 Å². The molecule has 2 aliphatic rings. The third-order valence-corrected chi connectivity index (χ3v) is 5.90. The number of aliphatic carboxylic acids is 1. The first-order valence-electron chi connectivity index (χ1n) is 8.32. The predicted molar refractivity (Wildman–Crippen MR) is 87.7 cm³/mol. The van der Waals surface area contributed by atoms with Gasteiger partial charge in [-0.05, 0) is 61.9 Å². The van der Waals surface area contributed by atoms with Crippen molar-refractivity contribution in [3.63, 3.8) is 0 Å². The lowest BCUT2D eigenvalue weighted by atomic mass is 9.78. The summed E-state index contributed by atoms with van der Waals surface area (Å²) < 4.78 is 6.11. The van der Waals surface area contributed by atoms with Crippen LogP contribution in [0.4, 0.5) is 0 Å². The third kappa shape index (κ3) is 5.03. The van der Waals surface area contributed by atoms with Crippen molar-refractivity contribution >= 4 is 17.7 Å². The molecule has 2 saturated heterocycles. The molecule has 0 saturated carbocycles. The fourth-order valence-corrected chi connectivity index (χ4v) is 4.72. The van der Waals surface area contributed by atoms with Crippen LogP contribution < -0.4 is 0 Å². The largest absolute Gasteiger partial charge is 0.481 e. The van der Waals surface area contributed by atoms with E-state index in [4.69, 9.17) is 9.84 Å². The Labute approximate surface area is 132 Å². The molecular weight excluding hydrogens is 284 g/mol. The molecule has 0 amide bonds. The van der Waals surface area contributed by atoms with Gasteiger partial charge in [0.2, 0.25) is 0 Å². The van der Waals surface area contributed by atoms with Crippen LogP contribution in [0.5, 0.6) is 0 Å². The minimum absolute atomic E-state index is 0.276. The summed E-state index contributed by atoms with van der Waals surface area (Å²) in [5.41, 5.74) is 0. The zero-order chi connectivity index (χ0) is 15.1. The average Bonchev–Trinajstić information content (AvgIpc) is 3.04. The molecule has 4 heteroatoms. The van der Waals surface area contributed by atoms with E-state index in [0.717, 1.165) is 25.2 Å². The second kappa shape index (κ2) is 8.84. The van der Waals surface area contributed by atoms with Gasteiger partial charge in [-0.15, -0.1) is 0 Å². The lowest BCUT2D eigenvalue weighted by Gasteiger charge is -2.26. The summed E-state index contributed by atoms with van der Waals surface area (Å²) in [5.74, 6) is 3.21. The summed E-state index contributed by atoms with van der Waals surface area (Å²) in [7, 11) is 0. The van der Waals surface area contributed by atoms with E-state index in [1.165, 1.54) is 30.8 Å². The topological polar surface area (TPSA) is 46.5 Å². The van der Waals surface area contributed by atoms with Crippen molar-refractivity contribution in [3.8, 4) is 0 Å². The number of carboxylic acid groups (broad SMARTS) is 1. The molecule has 3 nitrogen and oxygen atoms in total. The lowest BCUT2D eigenvalue weighted by molar-refractivity contribution is -0.137. The number of hydrogen-bond donors (Lipinski definition) is 1. The number of carboxylic acids is 1. The number of fused-ring (bicyclic) bond motifs is 2. The Morgan fingerprint density at radius 2 is 2.05 bits per heavy atom. The SMILES string of the molecule is CCCSCC1C2CCC(O2)C1C/C=C\CCCC(=O)O. The highest BCUT2D eigenvalue weighted by molar-refractivity contribution is 7.99. The van der Waals surface area contributed by atoms with E-state index in [1.54, 1.807) is 0 Å². The number of hydrogen-bond acceptors (Lipinski definition) is 3. The fourth-order valence-electron chi connectivity index (χ4n) is 3.53. The Kier molecular flexibility index (Phi) is 7.11. The van der Waals surface area contributed by atoms with Crippen LogP contribution in [0.3, 0.4) is 0 Å². The van der Waals surface area contributed by atoms with E-state index in [9.17, 15) is 4.79 Å². The predicted octanol–water partition coefficient (Wildman–Crippen LogP) is 4.12. The van der Waals surface area contributed by atoms with Crippen LogP contribution in [0, 0.1) is 11.8 Å². The minimum atomic E-state index is -0.696. The molecule has 4 atom stereocenters. The van der Waals surface area contributed by atoms with Gasteiger partial charge in [-0.25, -0.2) is 0 Å². The second-order valence-electron chi connectivity index (χ2n) is 6.19. The van der Waals surface area contributed by atoms with Crippen LogP contribution in [-0.4, -0.2) is 34.8 Å². The number of thioether (sulfide) groups is 1. The zero-order valence-electron chi connectivity index (χ0n) is 13.0. The van der Waals surface area contributed by atoms with E-state index >= 15 is 0 Å². The Bertz CT molecular complexity index is 356. The molecule has 0 radical (unpaired) electrons. The van der Waals surface area contributed by atoms with E-state index in [-0.39, 0.29) is 6.42 Å². The molecule has 0 aromatic rings. The maximum Gasteiger partial charge on any atom is 0.303 e. The first-order valence-corrected chi connectivity index (χ1v) is 9.47. The van der Waals surface area contributed by atoms with Gasteiger partial charge in [0.05, 0.1) is 12.2 Å². The normalized spacial score (nSPS) is 31.3. The fraction of sp³-hybridized carbons (Fsp3) is 0.824. The molecule has 4 unspecified atom stereocenters. The number of ether oxygens (including phenoxy) is 1. The molecule has 0 spiro atoms. The molecular formula is C17H28O3S. The van der Waals surface area contributed by atoms with Gasteiger partial charge < -0.3 is 9.84 Å². The maximum absolute atomic E-state index is 10.5. The molecule has 0 aromatic carbocycles. The van der Waals surface area contributed by atoms with Gasteiger partial charge in [-0.3, -0.25) is 4.79 Å². The lowest BCUT2D eigenvalue weighted by Crippen LogP contribution is -2.28. The van der Waals surface area contributed by atoms with Gasteiger partial charge in [0.15, 0.2) is 0 Å². The summed E-state index contributed by atoms with van der Waals surface area (Å²) in [5, 5.41) is 8.61. The minimum Gasteiger partial charge on any atom is -0.481 e. The van der Waals surface area contributed by atoms with Crippen molar-refractivity contribution in [2.75, 3.05) is 11.5 Å². The Morgan fingerprint density at radius 3 is 2.76 bits per heavy atom. The molecule has 2 heterocycles. The summed E-state index contributed by atoms with van der Waals surface area (Å²) in [6.45, 7) is 2.24. The standard InChI is InChI=1S/C17H28O3S/c1-2-11-21-12-14-13(15-9-10-16(14)20-15)7-5-3-4-6-8-17(18)19/h3,5,13-16H,2,4,6-12H2,1H3,(H,18,19)/b5-3-. The molecule has 2 aliphatic heterocycles. The van der Waals surface area contributed by atoms with Crippen LogP contribution in [0.15, 0.2) is 12.2 Å². The zero-order valence-corrected chi connectivity index (χ0v) is 13.8. The molecule has 21 heavy (non-hydrogen) atoms. The molecule has 1 N–H and O–H groups in total. The molecule has 2 rings (SSSR count). The van der Waals surface area contributed by atoms with Crippen LogP contribution in [0.1, 0.15) is 51.9 Å². The molecule has 0 aromatic heterocycles. The van der Waals surface area contributed by atoms with Crippen molar-refractivity contribution < 1.29 is 14.6 Å². The number of carbonyl (C=O) groups is 1. The average molecular weight is 312 g/mol. The van der Waals surface area contributed by atoms with Gasteiger partial charge in [-0.2, -0.15) is 11.8 Å². The van der Waals surface area contributed by atoms with E-state index in [1.807, 2.05) is 0 Å². The van der Waals surface area contributed by atoms with Crippen molar-refractivity contribution in [1.82, 2.24) is 0 Å². The Morgan fingerprint density at radius 1 is 1.29 bits per heavy atom. The summed E-state index contributed by atoms with van der Waals surface area (Å²) in [4.78, 5) is 10.5. The summed E-state index contributed by atoms with van der Waals surface area (Å²) in [6, 6.07) is 0. The van der Waals surface area contributed by atoms with Gasteiger partial charge in [0.1, 0.15) is 0 Å². The summed E-state index contributed by atoms with van der Waals surface area (Å²) >= 11 is 2.08. The van der Waals surface area contributed by atoms with Crippen molar-refractivity contribution in [3.05, 3.63) is 12.2 Å². The van der Waals surface area contributed by atoms with E-state index in [2.05, 4.69) is 30.8 Å². The van der Waals surface area contributed by atoms with Gasteiger partial charge in [0.25, 0.3) is 0 Å². The van der Waals surface area contributed by atoms with Gasteiger partial charge >= 0.3 is 5.97 Å². The van der Waals surface area contributed by atoms with Gasteiger partial charge in [-0.1, -0.05) is 19.1 Å². The van der Waals surface area contributed by atoms with Crippen LogP contribution in [-0.2, 0) is 9.53 Å². The summed E-state index contributed by atoms with van der Waals surface area (Å²) in [6.07, 6.45) is 12.1. The molecule has 120 valence electrons. The van der Waals surface area contributed by atoms with Crippen molar-refractivity contribution in [2.45, 2.75) is 64.1 Å². The van der Waals surface area contributed by atoms with E-state index in [0.29, 0.717) is 18.1 Å². The number of rotatable bonds is 10. The van der Waals surface area contributed by atoms with Gasteiger partial charge in [0, 0.05) is 6.42 Å². The highest BCUT2D eigenvalue weighted by Crippen LogP contribution is 2.46. The molecule has 0 aliphatic carbocycles. The maximum atomic E-state index is 10.5. The van der Waals surface area contributed by atoms with Crippen molar-refractivity contribution in [2.24, 2.45) is 11.8 Å². The van der Waals surface area contributed by atoms with Crippen LogP contribution in [0.25, 0.3) is 0 Å². The third-order valence-electron chi connectivity index (χ3n) is 4.59.